The Kier molecular flexibility index (Phi) is 4.45. The molecule has 0 aromatic carbocycles. The Morgan fingerprint density at radius 3 is 2.47 bits per heavy atom. The second-order valence-electron chi connectivity index (χ2n) is 4.05. The molecule has 1 rings (SSSR count). The lowest BCUT2D eigenvalue weighted by atomic mass is 10.1. The fourth-order valence-electron chi connectivity index (χ4n) is 1.59. The topological polar surface area (TPSA) is 24.9 Å². The Morgan fingerprint density at radius 1 is 1.29 bits per heavy atom. The molecule has 2 atom stereocenters. The molecule has 17 heavy (non-hydrogen) atoms. The van der Waals surface area contributed by atoms with Crippen LogP contribution in [0.25, 0.3) is 0 Å². The Bertz CT molecular complexity index is 365. The van der Waals surface area contributed by atoms with Gasteiger partial charge in [0.05, 0.1) is 12.6 Å². The summed E-state index contributed by atoms with van der Waals surface area (Å²) in [7, 11) is 0. The van der Waals surface area contributed by atoms with Gasteiger partial charge < -0.3 is 5.32 Å². The van der Waals surface area contributed by atoms with Crippen molar-refractivity contribution >= 4 is 0 Å². The summed E-state index contributed by atoms with van der Waals surface area (Å²) in [5, 5.41) is 2.75. The van der Waals surface area contributed by atoms with Gasteiger partial charge in [0.25, 0.3) is 0 Å². The van der Waals surface area contributed by atoms with E-state index in [4.69, 9.17) is 0 Å². The maximum absolute atomic E-state index is 12.9. The molecule has 1 aromatic heterocycles. The number of aromatic nitrogens is 1. The van der Waals surface area contributed by atoms with Crippen LogP contribution in [0.5, 0.6) is 0 Å². The largest absolute Gasteiger partial charge is 0.390 e. The third kappa shape index (κ3) is 5.12. The van der Waals surface area contributed by atoms with Crippen molar-refractivity contribution < 1.29 is 17.6 Å². The minimum absolute atomic E-state index is 0.379. The van der Waals surface area contributed by atoms with Gasteiger partial charge in [0, 0.05) is 18.3 Å². The van der Waals surface area contributed by atoms with Crippen molar-refractivity contribution in [3.63, 3.8) is 0 Å². The van der Waals surface area contributed by atoms with Crippen LogP contribution in [0.15, 0.2) is 18.5 Å². The number of halogens is 4. The quantitative estimate of drug-likeness (QED) is 0.830. The van der Waals surface area contributed by atoms with E-state index in [9.17, 15) is 17.6 Å². The summed E-state index contributed by atoms with van der Waals surface area (Å²) in [6.07, 6.45) is -2.64. The van der Waals surface area contributed by atoms with E-state index < -0.39 is 24.5 Å². The first-order valence-electron chi connectivity index (χ1n) is 5.21. The van der Waals surface area contributed by atoms with Gasteiger partial charge in [-0.1, -0.05) is 0 Å². The smallest absolute Gasteiger partial charge is 0.307 e. The van der Waals surface area contributed by atoms with Crippen molar-refractivity contribution in [2.45, 2.75) is 38.5 Å². The molecule has 1 N–H and O–H groups in total. The molecule has 6 heteroatoms. The lowest BCUT2D eigenvalue weighted by molar-refractivity contribution is -0.139. The van der Waals surface area contributed by atoms with E-state index in [-0.39, 0.29) is 6.04 Å². The highest BCUT2D eigenvalue weighted by Crippen LogP contribution is 2.23. The van der Waals surface area contributed by atoms with Gasteiger partial charge in [-0.15, -0.1) is 0 Å². The van der Waals surface area contributed by atoms with Crippen molar-refractivity contribution in [1.29, 1.82) is 0 Å². The number of hydrogen-bond acceptors (Lipinski definition) is 2. The molecule has 0 bridgehead atoms. The van der Waals surface area contributed by atoms with Crippen LogP contribution < -0.4 is 5.32 Å². The molecule has 2 nitrogen and oxygen atoms in total. The first-order chi connectivity index (χ1) is 7.78. The Hall–Kier alpha value is -1.17. The lowest BCUT2D eigenvalue weighted by Crippen LogP contribution is -2.33. The van der Waals surface area contributed by atoms with Crippen LogP contribution in [0.2, 0.25) is 0 Å². The monoisotopic (exact) mass is 250 g/mol. The number of alkyl halides is 3. The first-order valence-corrected chi connectivity index (χ1v) is 5.21. The van der Waals surface area contributed by atoms with E-state index in [0.717, 1.165) is 6.20 Å². The third-order valence-corrected chi connectivity index (χ3v) is 2.30. The molecule has 0 aliphatic heterocycles. The highest BCUT2D eigenvalue weighted by atomic mass is 19.4. The van der Waals surface area contributed by atoms with Crippen molar-refractivity contribution in [2.75, 3.05) is 0 Å². The van der Waals surface area contributed by atoms with Crippen LogP contribution >= 0.6 is 0 Å². The van der Waals surface area contributed by atoms with Gasteiger partial charge in [-0.05, 0) is 25.5 Å². The fraction of sp³-hybridized carbons (Fsp3) is 0.545. The summed E-state index contributed by atoms with van der Waals surface area (Å²) in [4.78, 5) is 3.65. The van der Waals surface area contributed by atoms with Crippen LogP contribution in [0, 0.1) is 5.82 Å². The summed E-state index contributed by atoms with van der Waals surface area (Å²) < 4.78 is 49.2. The molecule has 1 heterocycles. The predicted octanol–water partition coefficient (Wildman–Crippen LogP) is 3.21. The SMILES string of the molecule is CC(CC(F)(F)F)NC(C)c1cncc(F)c1. The van der Waals surface area contributed by atoms with Crippen molar-refractivity contribution in [3.05, 3.63) is 29.8 Å². The second kappa shape index (κ2) is 5.44. The zero-order chi connectivity index (χ0) is 13.1. The Balaban J connectivity index is 2.57. The van der Waals surface area contributed by atoms with Gasteiger partial charge in [-0.25, -0.2) is 4.39 Å². The van der Waals surface area contributed by atoms with Crippen molar-refractivity contribution in [1.82, 2.24) is 10.3 Å². The molecule has 0 spiro atoms. The molecule has 2 unspecified atom stereocenters. The highest BCUT2D eigenvalue weighted by Gasteiger charge is 2.30. The summed E-state index contributed by atoms with van der Waals surface area (Å²) in [6, 6.07) is 0.147. The Morgan fingerprint density at radius 2 is 1.94 bits per heavy atom. The third-order valence-electron chi connectivity index (χ3n) is 2.30. The molecule has 0 saturated carbocycles. The van der Waals surface area contributed by atoms with Gasteiger partial charge in [0.15, 0.2) is 0 Å². The van der Waals surface area contributed by atoms with Crippen LogP contribution in [-0.2, 0) is 0 Å². The molecule has 0 aliphatic carbocycles. The van der Waals surface area contributed by atoms with Gasteiger partial charge in [0.2, 0.25) is 0 Å². The van der Waals surface area contributed by atoms with Crippen LogP contribution in [0.3, 0.4) is 0 Å². The predicted molar refractivity (Wildman–Crippen MR) is 55.9 cm³/mol. The number of pyridine rings is 1. The molecule has 0 fully saturated rings. The maximum atomic E-state index is 12.9. The minimum atomic E-state index is -4.20. The van der Waals surface area contributed by atoms with Gasteiger partial charge in [-0.3, -0.25) is 4.98 Å². The molecule has 0 radical (unpaired) electrons. The van der Waals surface area contributed by atoms with Gasteiger partial charge in [-0.2, -0.15) is 13.2 Å². The van der Waals surface area contributed by atoms with Crippen LogP contribution in [0.4, 0.5) is 17.6 Å². The number of nitrogens with zero attached hydrogens (tertiary/aromatic N) is 1. The Labute approximate surface area is 97.1 Å². The van der Waals surface area contributed by atoms with Gasteiger partial charge in [0.1, 0.15) is 5.82 Å². The zero-order valence-electron chi connectivity index (χ0n) is 9.55. The highest BCUT2D eigenvalue weighted by molar-refractivity contribution is 5.14. The lowest BCUT2D eigenvalue weighted by Gasteiger charge is -2.21. The average molecular weight is 250 g/mol. The normalized spacial score (nSPS) is 15.6. The number of hydrogen-bond donors (Lipinski definition) is 1. The van der Waals surface area contributed by atoms with E-state index >= 15 is 0 Å². The summed E-state index contributed by atoms with van der Waals surface area (Å²) in [5.74, 6) is -0.500. The molecular weight excluding hydrogens is 236 g/mol. The number of nitrogens with one attached hydrogen (secondary N) is 1. The molecular formula is C11H14F4N2. The molecule has 1 aromatic rings. The molecule has 0 aliphatic rings. The second-order valence-corrected chi connectivity index (χ2v) is 4.05. The van der Waals surface area contributed by atoms with Crippen LogP contribution in [-0.4, -0.2) is 17.2 Å². The minimum Gasteiger partial charge on any atom is -0.307 e. The van der Waals surface area contributed by atoms with Gasteiger partial charge >= 0.3 is 6.18 Å². The first kappa shape index (κ1) is 13.9. The summed E-state index contributed by atoms with van der Waals surface area (Å²) in [6.45, 7) is 3.11. The van der Waals surface area contributed by atoms with Crippen LogP contribution in [0.1, 0.15) is 31.9 Å². The maximum Gasteiger partial charge on any atom is 0.390 e. The van der Waals surface area contributed by atoms with E-state index in [2.05, 4.69) is 10.3 Å². The van der Waals surface area contributed by atoms with E-state index in [0.29, 0.717) is 5.56 Å². The summed E-state index contributed by atoms with van der Waals surface area (Å²) >= 11 is 0. The number of rotatable bonds is 4. The summed E-state index contributed by atoms with van der Waals surface area (Å²) in [5.41, 5.74) is 0.527. The standard InChI is InChI=1S/C11H14F4N2/c1-7(4-11(13,14)15)17-8(2)9-3-10(12)6-16-5-9/h3,5-8,17H,4H2,1-2H3. The zero-order valence-corrected chi connectivity index (χ0v) is 9.55. The average Bonchev–Trinajstić information content (AvgIpc) is 2.14. The van der Waals surface area contributed by atoms with E-state index in [1.165, 1.54) is 19.2 Å². The molecule has 0 amide bonds. The van der Waals surface area contributed by atoms with E-state index in [1.807, 2.05) is 0 Å². The van der Waals surface area contributed by atoms with Crippen molar-refractivity contribution in [2.24, 2.45) is 0 Å². The van der Waals surface area contributed by atoms with E-state index in [1.54, 1.807) is 6.92 Å². The van der Waals surface area contributed by atoms with Crippen molar-refractivity contribution in [3.8, 4) is 0 Å². The molecule has 96 valence electrons. The fourth-order valence-corrected chi connectivity index (χ4v) is 1.59. The molecule has 0 saturated heterocycles.